The third-order valence-corrected chi connectivity index (χ3v) is 2.49. The molecule has 1 aromatic heterocycles. The molecule has 130 valence electrons. The Labute approximate surface area is 130 Å². The molecular weight excluding hydrogens is 319 g/mol. The predicted octanol–water partition coefficient (Wildman–Crippen LogP) is 2.51. The van der Waals surface area contributed by atoms with Crippen molar-refractivity contribution in [3.05, 3.63) is 17.5 Å². The first-order valence-corrected chi connectivity index (χ1v) is 6.75. The zero-order valence-corrected chi connectivity index (χ0v) is 12.9. The molecule has 23 heavy (non-hydrogen) atoms. The van der Waals surface area contributed by atoms with Crippen LogP contribution in [0.2, 0.25) is 0 Å². The van der Waals surface area contributed by atoms with E-state index in [1.54, 1.807) is 20.8 Å². The number of carbonyl (C=O) groups excluding carboxylic acids is 1. The molecule has 0 aromatic carbocycles. The lowest BCUT2D eigenvalue weighted by Crippen LogP contribution is -2.33. The second-order valence-electron chi connectivity index (χ2n) is 5.74. The fraction of sp³-hybridized carbons (Fsp3) is 0.615. The van der Waals surface area contributed by atoms with E-state index in [4.69, 9.17) is 9.84 Å². The van der Waals surface area contributed by atoms with Crippen LogP contribution in [0.5, 0.6) is 0 Å². The molecule has 1 aromatic rings. The molecule has 2 N–H and O–H groups in total. The first kappa shape index (κ1) is 18.8. The third kappa shape index (κ3) is 6.17. The van der Waals surface area contributed by atoms with Gasteiger partial charge in [-0.3, -0.25) is 4.68 Å². The van der Waals surface area contributed by atoms with E-state index in [0.717, 1.165) is 10.9 Å². The Balaban J connectivity index is 2.56. The van der Waals surface area contributed by atoms with Crippen LogP contribution in [0.15, 0.2) is 6.20 Å². The summed E-state index contributed by atoms with van der Waals surface area (Å²) >= 11 is 0. The Kier molecular flexibility index (Phi) is 5.62. The number of nitrogens with zero attached hydrogens (tertiary/aromatic N) is 2. The minimum atomic E-state index is -4.84. The summed E-state index contributed by atoms with van der Waals surface area (Å²) < 4.78 is 43.9. The van der Waals surface area contributed by atoms with Crippen LogP contribution in [-0.2, 0) is 17.5 Å². The fourth-order valence-corrected chi connectivity index (χ4v) is 1.65. The van der Waals surface area contributed by atoms with Gasteiger partial charge in [-0.25, -0.2) is 9.59 Å². The third-order valence-electron chi connectivity index (χ3n) is 2.49. The lowest BCUT2D eigenvalue weighted by atomic mass is 10.2. The summed E-state index contributed by atoms with van der Waals surface area (Å²) in [5.74, 6) is -1.70. The van der Waals surface area contributed by atoms with Crippen LogP contribution in [0, 0.1) is 0 Å². The number of carboxylic acids is 1. The van der Waals surface area contributed by atoms with E-state index in [2.05, 4.69) is 10.4 Å². The summed E-state index contributed by atoms with van der Waals surface area (Å²) in [6, 6.07) is 0. The van der Waals surface area contributed by atoms with Crippen LogP contribution in [0.3, 0.4) is 0 Å². The minimum Gasteiger partial charge on any atom is -0.478 e. The van der Waals surface area contributed by atoms with Crippen LogP contribution < -0.4 is 5.32 Å². The van der Waals surface area contributed by atoms with E-state index >= 15 is 0 Å². The summed E-state index contributed by atoms with van der Waals surface area (Å²) in [5, 5.41) is 14.5. The van der Waals surface area contributed by atoms with E-state index in [9.17, 15) is 22.8 Å². The largest absolute Gasteiger partial charge is 0.478 e. The van der Waals surface area contributed by atoms with Crippen molar-refractivity contribution < 1.29 is 32.6 Å². The van der Waals surface area contributed by atoms with E-state index in [-0.39, 0.29) is 19.5 Å². The molecule has 0 aliphatic rings. The van der Waals surface area contributed by atoms with Crippen LogP contribution in [0.4, 0.5) is 18.0 Å². The summed E-state index contributed by atoms with van der Waals surface area (Å²) in [5.41, 5.74) is -2.99. The van der Waals surface area contributed by atoms with E-state index < -0.39 is 35.1 Å². The molecule has 1 amide bonds. The molecular formula is C13H18F3N3O4. The van der Waals surface area contributed by atoms with Gasteiger partial charge >= 0.3 is 18.2 Å². The van der Waals surface area contributed by atoms with Gasteiger partial charge in [0.25, 0.3) is 0 Å². The molecule has 0 aliphatic carbocycles. The standard InChI is InChI=1S/C13H18F3N3O4/c1-12(2,3)23-11(22)17-5-4-6-19-7-8(10(20)21)9(18-19)13(14,15)16/h7H,4-6H2,1-3H3,(H,17,22)(H,20,21). The van der Waals surface area contributed by atoms with Crippen molar-refractivity contribution in [2.24, 2.45) is 0 Å². The molecule has 0 fully saturated rings. The average Bonchev–Trinajstić information content (AvgIpc) is 2.76. The van der Waals surface area contributed by atoms with Crippen molar-refractivity contribution in [1.82, 2.24) is 15.1 Å². The zero-order valence-electron chi connectivity index (χ0n) is 12.9. The molecule has 0 atom stereocenters. The van der Waals surface area contributed by atoms with Crippen LogP contribution in [0.1, 0.15) is 43.2 Å². The number of aromatic nitrogens is 2. The number of hydrogen-bond acceptors (Lipinski definition) is 4. The first-order chi connectivity index (χ1) is 10.4. The maximum absolute atomic E-state index is 12.7. The fourth-order valence-electron chi connectivity index (χ4n) is 1.65. The second kappa shape index (κ2) is 6.88. The number of carboxylic acid groups (broad SMARTS) is 1. The number of rotatable bonds is 5. The molecule has 1 heterocycles. The van der Waals surface area contributed by atoms with Gasteiger partial charge in [-0.15, -0.1) is 0 Å². The molecule has 7 nitrogen and oxygen atoms in total. The number of aryl methyl sites for hydroxylation is 1. The Hall–Kier alpha value is -2.26. The van der Waals surface area contributed by atoms with Gasteiger partial charge in [0.15, 0.2) is 5.69 Å². The summed E-state index contributed by atoms with van der Waals surface area (Å²) in [6.45, 7) is 5.26. The molecule has 10 heteroatoms. The molecule has 0 aliphatic heterocycles. The normalized spacial score (nSPS) is 12.1. The van der Waals surface area contributed by atoms with Crippen molar-refractivity contribution >= 4 is 12.1 Å². The number of aromatic carboxylic acids is 1. The second-order valence-corrected chi connectivity index (χ2v) is 5.74. The number of amides is 1. The summed E-state index contributed by atoms with van der Waals surface area (Å²) in [4.78, 5) is 22.2. The van der Waals surface area contributed by atoms with Crippen molar-refractivity contribution in [3.63, 3.8) is 0 Å². The van der Waals surface area contributed by atoms with Crippen LogP contribution in [0.25, 0.3) is 0 Å². The summed E-state index contributed by atoms with van der Waals surface area (Å²) in [6.07, 6.45) is -4.40. The van der Waals surface area contributed by atoms with Crippen LogP contribution >= 0.6 is 0 Å². The maximum Gasteiger partial charge on any atom is 0.436 e. The smallest absolute Gasteiger partial charge is 0.436 e. The van der Waals surface area contributed by atoms with Gasteiger partial charge in [0.2, 0.25) is 0 Å². The zero-order chi connectivity index (χ0) is 17.8. The van der Waals surface area contributed by atoms with E-state index in [1.807, 2.05) is 0 Å². The Morgan fingerprint density at radius 1 is 1.35 bits per heavy atom. The van der Waals surface area contributed by atoms with E-state index in [0.29, 0.717) is 0 Å². The molecule has 0 spiro atoms. The number of ether oxygens (including phenoxy) is 1. The van der Waals surface area contributed by atoms with Gasteiger partial charge in [0, 0.05) is 19.3 Å². The summed E-state index contributed by atoms with van der Waals surface area (Å²) in [7, 11) is 0. The Bertz CT molecular complexity index is 576. The highest BCUT2D eigenvalue weighted by atomic mass is 19.4. The molecule has 0 saturated carbocycles. The van der Waals surface area contributed by atoms with Gasteiger partial charge in [-0.2, -0.15) is 18.3 Å². The lowest BCUT2D eigenvalue weighted by molar-refractivity contribution is -0.142. The predicted molar refractivity (Wildman–Crippen MR) is 73.0 cm³/mol. The maximum atomic E-state index is 12.7. The Morgan fingerprint density at radius 3 is 2.39 bits per heavy atom. The highest BCUT2D eigenvalue weighted by Gasteiger charge is 2.39. The quantitative estimate of drug-likeness (QED) is 0.805. The van der Waals surface area contributed by atoms with Crippen molar-refractivity contribution in [2.75, 3.05) is 6.54 Å². The molecule has 0 unspecified atom stereocenters. The number of nitrogens with one attached hydrogen (secondary N) is 1. The van der Waals surface area contributed by atoms with E-state index in [1.165, 1.54) is 0 Å². The van der Waals surface area contributed by atoms with Crippen molar-refractivity contribution in [3.8, 4) is 0 Å². The number of alkyl carbamates (subject to hydrolysis) is 1. The minimum absolute atomic E-state index is 0.0200. The van der Waals surface area contributed by atoms with Gasteiger partial charge < -0.3 is 15.2 Å². The van der Waals surface area contributed by atoms with Gasteiger partial charge in [-0.1, -0.05) is 0 Å². The number of halogens is 3. The molecule has 0 saturated heterocycles. The first-order valence-electron chi connectivity index (χ1n) is 6.75. The lowest BCUT2D eigenvalue weighted by Gasteiger charge is -2.19. The number of alkyl halides is 3. The highest BCUT2D eigenvalue weighted by molar-refractivity contribution is 5.88. The molecule has 1 rings (SSSR count). The van der Waals surface area contributed by atoms with Crippen molar-refractivity contribution in [1.29, 1.82) is 0 Å². The van der Waals surface area contributed by atoms with Crippen molar-refractivity contribution in [2.45, 2.75) is 45.5 Å². The number of hydrogen-bond donors (Lipinski definition) is 2. The average molecular weight is 337 g/mol. The monoisotopic (exact) mass is 337 g/mol. The Morgan fingerprint density at radius 2 is 1.96 bits per heavy atom. The van der Waals surface area contributed by atoms with Crippen LogP contribution in [-0.4, -0.2) is 39.1 Å². The van der Waals surface area contributed by atoms with Gasteiger partial charge in [0.05, 0.1) is 0 Å². The molecule has 0 bridgehead atoms. The highest BCUT2D eigenvalue weighted by Crippen LogP contribution is 2.30. The SMILES string of the molecule is CC(C)(C)OC(=O)NCCCn1cc(C(=O)O)c(C(F)(F)F)n1. The topological polar surface area (TPSA) is 93.5 Å². The molecule has 0 radical (unpaired) electrons. The van der Waals surface area contributed by atoms with Gasteiger partial charge in [-0.05, 0) is 27.2 Å². The van der Waals surface area contributed by atoms with Gasteiger partial charge in [0.1, 0.15) is 11.2 Å². The number of carbonyl (C=O) groups is 2.